The number of hydrogen-bond donors (Lipinski definition) is 3. The number of amides is 1. The molecule has 0 bridgehead atoms. The number of esters is 1. The summed E-state index contributed by atoms with van der Waals surface area (Å²) in [5, 5.41) is 17.6. The molecule has 0 aromatic heterocycles. The van der Waals surface area contributed by atoms with Crippen LogP contribution in [0.5, 0.6) is 0 Å². The number of hydroxylamine groups is 1. The van der Waals surface area contributed by atoms with Crippen molar-refractivity contribution >= 4 is 18.0 Å². The van der Waals surface area contributed by atoms with Crippen LogP contribution < -0.4 is 5.48 Å². The molecule has 146 valence electrons. The van der Waals surface area contributed by atoms with Crippen LogP contribution in [0, 0.1) is 0 Å². The van der Waals surface area contributed by atoms with Gasteiger partial charge in [-0.05, 0) is 19.8 Å². The fraction of sp³-hybridized carbons (Fsp3) is 0.812. The molecule has 0 saturated heterocycles. The van der Waals surface area contributed by atoms with Gasteiger partial charge in [0.25, 0.3) is 0 Å². The molecule has 25 heavy (non-hydrogen) atoms. The van der Waals surface area contributed by atoms with Crippen LogP contribution in [0.1, 0.15) is 58.3 Å². The molecule has 0 spiro atoms. The Balaban J connectivity index is 3.39. The van der Waals surface area contributed by atoms with Gasteiger partial charge in [0.05, 0.1) is 13.2 Å². The van der Waals surface area contributed by atoms with Crippen molar-refractivity contribution in [2.75, 3.05) is 19.8 Å². The van der Waals surface area contributed by atoms with Crippen LogP contribution in [0.25, 0.3) is 0 Å². The minimum absolute atomic E-state index is 0.184. The zero-order valence-electron chi connectivity index (χ0n) is 14.7. The minimum atomic E-state index is -1.02. The van der Waals surface area contributed by atoms with E-state index in [1.54, 1.807) is 6.92 Å². The molecule has 0 rings (SSSR count). The minimum Gasteiger partial charge on any atom is -0.463 e. The van der Waals surface area contributed by atoms with E-state index in [4.69, 9.17) is 14.9 Å². The number of nitrogens with one attached hydrogen (secondary N) is 1. The summed E-state index contributed by atoms with van der Waals surface area (Å²) >= 11 is 0. The molecule has 0 aliphatic rings. The second kappa shape index (κ2) is 15.6. The molecule has 0 heterocycles. The fourth-order valence-corrected chi connectivity index (χ4v) is 1.87. The predicted molar refractivity (Wildman–Crippen MR) is 87.2 cm³/mol. The summed E-state index contributed by atoms with van der Waals surface area (Å²) in [6, 6.07) is 0. The second-order valence-electron chi connectivity index (χ2n) is 5.44. The molecule has 1 atom stereocenters. The van der Waals surface area contributed by atoms with Crippen molar-refractivity contribution in [2.45, 2.75) is 64.4 Å². The van der Waals surface area contributed by atoms with Gasteiger partial charge in [0, 0.05) is 12.8 Å². The number of aliphatic hydroxyl groups excluding tert-OH is 2. The molecule has 0 aliphatic carbocycles. The fourth-order valence-electron chi connectivity index (χ4n) is 1.87. The Morgan fingerprint density at radius 1 is 0.920 bits per heavy atom. The van der Waals surface area contributed by atoms with Crippen molar-refractivity contribution < 1.29 is 38.9 Å². The Hall–Kier alpha value is -1.87. The van der Waals surface area contributed by atoms with Crippen LogP contribution >= 0.6 is 0 Å². The van der Waals surface area contributed by atoms with Gasteiger partial charge in [0.1, 0.15) is 12.7 Å². The van der Waals surface area contributed by atoms with Gasteiger partial charge in [-0.25, -0.2) is 9.59 Å². The van der Waals surface area contributed by atoms with E-state index in [1.807, 2.05) is 5.48 Å². The summed E-state index contributed by atoms with van der Waals surface area (Å²) in [7, 11) is 0. The van der Waals surface area contributed by atoms with Crippen molar-refractivity contribution in [2.24, 2.45) is 0 Å². The maximum absolute atomic E-state index is 11.3. The zero-order chi connectivity index (χ0) is 18.9. The summed E-state index contributed by atoms with van der Waals surface area (Å²) in [5.41, 5.74) is 1.90. The SMILES string of the molecule is CCOC(=O)NOC(=O)CCCCCCCCC(=O)OCC(O)CO. The maximum Gasteiger partial charge on any atom is 0.440 e. The first-order chi connectivity index (χ1) is 12.0. The number of carbonyl (C=O) groups is 3. The average Bonchev–Trinajstić information content (AvgIpc) is 2.60. The third-order valence-corrected chi connectivity index (χ3v) is 3.18. The van der Waals surface area contributed by atoms with E-state index in [1.165, 1.54) is 0 Å². The Morgan fingerprint density at radius 2 is 1.48 bits per heavy atom. The van der Waals surface area contributed by atoms with Gasteiger partial charge in [-0.15, -0.1) is 5.48 Å². The van der Waals surface area contributed by atoms with Gasteiger partial charge in [0.15, 0.2) is 0 Å². The first-order valence-electron chi connectivity index (χ1n) is 8.56. The lowest BCUT2D eigenvalue weighted by atomic mass is 10.1. The van der Waals surface area contributed by atoms with E-state index in [9.17, 15) is 14.4 Å². The Kier molecular flexibility index (Phi) is 14.5. The summed E-state index contributed by atoms with van der Waals surface area (Å²) in [4.78, 5) is 38.1. The summed E-state index contributed by atoms with van der Waals surface area (Å²) in [6.45, 7) is 1.23. The highest BCUT2D eigenvalue weighted by Crippen LogP contribution is 2.09. The van der Waals surface area contributed by atoms with Crippen LogP contribution in [0.4, 0.5) is 4.79 Å². The second-order valence-corrected chi connectivity index (χ2v) is 5.44. The molecule has 0 saturated carbocycles. The monoisotopic (exact) mass is 363 g/mol. The molecular formula is C16H29NO8. The van der Waals surface area contributed by atoms with Crippen molar-refractivity contribution in [1.29, 1.82) is 0 Å². The zero-order valence-corrected chi connectivity index (χ0v) is 14.7. The molecule has 9 heteroatoms. The molecule has 0 aromatic rings. The van der Waals surface area contributed by atoms with Crippen molar-refractivity contribution in [3.05, 3.63) is 0 Å². The van der Waals surface area contributed by atoms with Gasteiger partial charge < -0.3 is 24.5 Å². The molecule has 1 unspecified atom stereocenters. The van der Waals surface area contributed by atoms with E-state index < -0.39 is 24.8 Å². The lowest BCUT2D eigenvalue weighted by Gasteiger charge is -2.08. The molecule has 3 N–H and O–H groups in total. The molecule has 0 aromatic carbocycles. The number of unbranched alkanes of at least 4 members (excludes halogenated alkanes) is 5. The lowest BCUT2D eigenvalue weighted by molar-refractivity contribution is -0.150. The Morgan fingerprint density at radius 3 is 2.04 bits per heavy atom. The molecular weight excluding hydrogens is 334 g/mol. The first-order valence-corrected chi connectivity index (χ1v) is 8.56. The topological polar surface area (TPSA) is 131 Å². The van der Waals surface area contributed by atoms with E-state index in [0.29, 0.717) is 12.8 Å². The number of carbonyl (C=O) groups excluding carboxylic acids is 3. The molecule has 0 radical (unpaired) electrons. The van der Waals surface area contributed by atoms with Crippen molar-refractivity contribution in [3.8, 4) is 0 Å². The third-order valence-electron chi connectivity index (χ3n) is 3.18. The van der Waals surface area contributed by atoms with Crippen LogP contribution in [0.3, 0.4) is 0 Å². The maximum atomic E-state index is 11.3. The summed E-state index contributed by atoms with van der Waals surface area (Å²) in [5.74, 6) is -0.898. The first kappa shape index (κ1) is 23.1. The van der Waals surface area contributed by atoms with Crippen LogP contribution in [-0.2, 0) is 23.9 Å². The average molecular weight is 363 g/mol. The van der Waals surface area contributed by atoms with Crippen molar-refractivity contribution in [3.63, 3.8) is 0 Å². The van der Waals surface area contributed by atoms with E-state index in [0.717, 1.165) is 25.7 Å². The third kappa shape index (κ3) is 15.4. The Bertz CT molecular complexity index is 388. The standard InChI is InChI=1S/C16H29NO8/c1-2-23-16(22)17-25-15(21)10-8-6-4-3-5-7-9-14(20)24-12-13(19)11-18/h13,18-19H,2-12H2,1H3,(H,17,22). The molecule has 1 amide bonds. The molecule has 0 fully saturated rings. The van der Waals surface area contributed by atoms with Crippen LogP contribution in [0.15, 0.2) is 0 Å². The van der Waals surface area contributed by atoms with E-state index in [-0.39, 0.29) is 32.0 Å². The normalized spacial score (nSPS) is 11.5. The number of rotatable bonds is 13. The number of hydrogen-bond acceptors (Lipinski definition) is 8. The number of aliphatic hydroxyl groups is 2. The van der Waals surface area contributed by atoms with Gasteiger partial charge >= 0.3 is 18.0 Å². The lowest BCUT2D eigenvalue weighted by Crippen LogP contribution is -2.27. The molecule has 9 nitrogen and oxygen atoms in total. The summed E-state index contributed by atoms with van der Waals surface area (Å²) < 4.78 is 9.32. The highest BCUT2D eigenvalue weighted by atomic mass is 16.7. The van der Waals surface area contributed by atoms with Gasteiger partial charge in [-0.3, -0.25) is 4.79 Å². The van der Waals surface area contributed by atoms with E-state index in [2.05, 4.69) is 9.57 Å². The van der Waals surface area contributed by atoms with Crippen LogP contribution in [0.2, 0.25) is 0 Å². The molecule has 0 aliphatic heterocycles. The Labute approximate surface area is 147 Å². The van der Waals surface area contributed by atoms with E-state index >= 15 is 0 Å². The largest absolute Gasteiger partial charge is 0.463 e. The van der Waals surface area contributed by atoms with Crippen molar-refractivity contribution in [1.82, 2.24) is 5.48 Å². The van der Waals surface area contributed by atoms with Gasteiger partial charge in [0.2, 0.25) is 0 Å². The highest BCUT2D eigenvalue weighted by molar-refractivity contribution is 5.73. The van der Waals surface area contributed by atoms with Gasteiger partial charge in [-0.1, -0.05) is 25.7 Å². The predicted octanol–water partition coefficient (Wildman–Crippen LogP) is 1.21. The summed E-state index contributed by atoms with van der Waals surface area (Å²) in [6.07, 6.45) is 3.61. The number of ether oxygens (including phenoxy) is 2. The van der Waals surface area contributed by atoms with Crippen LogP contribution in [-0.4, -0.2) is 54.2 Å². The quantitative estimate of drug-likeness (QED) is 0.193. The smallest absolute Gasteiger partial charge is 0.440 e. The van der Waals surface area contributed by atoms with Gasteiger partial charge in [-0.2, -0.15) is 0 Å². The highest BCUT2D eigenvalue weighted by Gasteiger charge is 2.08.